The monoisotopic (exact) mass is 1500 g/mol. The molecule has 0 unspecified atom stereocenters. The molecule has 10 atom stereocenters. The highest BCUT2D eigenvalue weighted by Crippen LogP contribution is 2.47. The number of nitrogens with zero attached hydrogens (tertiary/aromatic N) is 4. The van der Waals surface area contributed by atoms with Crippen LogP contribution in [0, 0.1) is 35.3 Å². The van der Waals surface area contributed by atoms with E-state index in [0.717, 1.165) is 12.8 Å². The van der Waals surface area contributed by atoms with Crippen molar-refractivity contribution in [1.82, 2.24) is 35.0 Å². The fourth-order valence-electron chi connectivity index (χ4n) is 13.7. The number of carbonyl (C=O) groups is 10. The zero-order chi connectivity index (χ0) is 74.7. The molecule has 2 aromatic carbocycles. The summed E-state index contributed by atoms with van der Waals surface area (Å²) in [5.74, 6) is -9.29. The standard InChI is InChI=1S/C35H45FN4O10S.C32H40FN3O9.C3H7NO2S.CH4/c1-34(2,3)50-29(41)15-21-8-5-13-48-14-6-9-23-17-35(23,32(44)38-51(46,47)25-11-12-25)37-30(42)28-16-24(19-40(28)31(21)43)49-33(45)39-18-22-7-4-10-27(36)26(22)20-39;1-31(2,3)45-26(37)13-19-8-5-11-43-12-6-9-21-15-32(21,29(40)41)34-27(38)25-14-22(17-36(25)28(19)39)44-30(42)35-16-20-7-4-10-24(33)23(20)18-35;4-7(5,6)3-1-2-3;/h4,6-7,9-10,21,23-25,28H,5,8,11-20H2,1-3H3,(H,37,42)(H,38,44);4,6-7,9-10,19,21-22,25H,5,8,11-18H2,1-3H3,(H,34,38)(H,40,41);3H,1-2H2,(H2,4,5,6);1H4/b2*9-6-;;/t21-,23-,24-,28+,35-;19-,21-,22-,25+,32-;;/m11../s1. The number of sulfonamides is 2. The van der Waals surface area contributed by atoms with E-state index < -0.39 is 167 Å². The molecule has 33 heteroatoms. The average Bonchev–Trinajstić information content (AvgIpc) is 1.58. The molecule has 6 heterocycles. The molecule has 10 aliphatic rings. The maximum absolute atomic E-state index is 14.4. The third-order valence-corrected chi connectivity index (χ3v) is 22.7. The van der Waals surface area contributed by atoms with Crippen molar-refractivity contribution in [3.63, 3.8) is 0 Å². The lowest BCUT2D eigenvalue weighted by Gasteiger charge is -2.30. The summed E-state index contributed by atoms with van der Waals surface area (Å²) in [6.07, 6.45) is 6.87. The van der Waals surface area contributed by atoms with E-state index in [2.05, 4.69) is 15.4 Å². The summed E-state index contributed by atoms with van der Waals surface area (Å²) in [7, 11) is -7.06. The molecule has 0 aromatic heterocycles. The fraction of sp³-hybridized carbons (Fsp3) is 0.634. The van der Waals surface area contributed by atoms with Crippen LogP contribution < -0.4 is 20.5 Å². The van der Waals surface area contributed by atoms with E-state index in [1.807, 2.05) is 0 Å². The predicted molar refractivity (Wildman–Crippen MR) is 367 cm³/mol. The van der Waals surface area contributed by atoms with E-state index in [0.29, 0.717) is 54.5 Å². The first-order chi connectivity index (χ1) is 48.4. The van der Waals surface area contributed by atoms with E-state index in [1.165, 1.54) is 31.7 Å². The number of primary sulfonamides is 1. The van der Waals surface area contributed by atoms with Gasteiger partial charge in [-0.3, -0.25) is 48.1 Å². The Hall–Kier alpha value is -8.14. The molecule has 572 valence electrons. The number of amides is 7. The Balaban J connectivity index is 0.000000219. The third-order valence-electron chi connectivity index (χ3n) is 19.5. The normalized spacial score (nSPS) is 28.4. The minimum absolute atomic E-state index is 0. The zero-order valence-corrected chi connectivity index (χ0v) is 60.2. The van der Waals surface area contributed by atoms with Crippen molar-refractivity contribution in [2.24, 2.45) is 28.8 Å². The minimum Gasteiger partial charge on any atom is -0.479 e. The number of nitrogens with two attached hydrogens (primary N) is 1. The smallest absolute Gasteiger partial charge is 0.410 e. The Morgan fingerprint density at radius 2 is 1.04 bits per heavy atom. The van der Waals surface area contributed by atoms with Gasteiger partial charge in [-0.2, -0.15) is 0 Å². The topological polar surface area (TPSA) is 390 Å². The van der Waals surface area contributed by atoms with E-state index in [-0.39, 0.29) is 123 Å². The van der Waals surface area contributed by atoms with Crippen LogP contribution in [0.15, 0.2) is 60.7 Å². The van der Waals surface area contributed by atoms with Gasteiger partial charge in [-0.1, -0.05) is 56.0 Å². The first-order valence-corrected chi connectivity index (χ1v) is 38.0. The van der Waals surface area contributed by atoms with Crippen LogP contribution in [0.5, 0.6) is 0 Å². The van der Waals surface area contributed by atoms with Gasteiger partial charge in [0.1, 0.15) is 58.2 Å². The number of aliphatic carboxylic acids is 1. The van der Waals surface area contributed by atoms with E-state index in [9.17, 15) is 78.7 Å². The highest BCUT2D eigenvalue weighted by molar-refractivity contribution is 7.91. The average molecular weight is 1500 g/mol. The maximum Gasteiger partial charge on any atom is 0.410 e. The van der Waals surface area contributed by atoms with Crippen molar-refractivity contribution in [2.75, 3.05) is 39.5 Å². The molecule has 4 aliphatic carbocycles. The van der Waals surface area contributed by atoms with E-state index in [1.54, 1.807) is 90.1 Å². The maximum atomic E-state index is 14.4. The molecule has 29 nitrogen and oxygen atoms in total. The molecule has 6 N–H and O–H groups in total. The summed E-state index contributed by atoms with van der Waals surface area (Å²) in [5, 5.41) is 19.3. The molecular weight excluding hydrogens is 1400 g/mol. The van der Waals surface area contributed by atoms with Gasteiger partial charge >= 0.3 is 30.1 Å². The molecule has 2 aromatic rings. The number of ether oxygens (including phenoxy) is 6. The number of hydrogen-bond acceptors (Lipinski definition) is 20. The Morgan fingerprint density at radius 3 is 1.42 bits per heavy atom. The summed E-state index contributed by atoms with van der Waals surface area (Å²) in [6, 6.07) is 6.85. The minimum atomic E-state index is -3.94. The summed E-state index contributed by atoms with van der Waals surface area (Å²) < 4.78 is 110. The van der Waals surface area contributed by atoms with Gasteiger partial charge in [0.15, 0.2) is 0 Å². The zero-order valence-electron chi connectivity index (χ0n) is 58.6. The molecular formula is C71H96F2N8O21S2. The molecule has 0 bridgehead atoms. The number of carboxylic acid groups (broad SMARTS) is 1. The molecule has 6 fully saturated rings. The van der Waals surface area contributed by atoms with Crippen LogP contribution in [-0.2, 0) is 113 Å². The first kappa shape index (κ1) is 80.0. The fourth-order valence-corrected chi connectivity index (χ4v) is 15.9. The van der Waals surface area contributed by atoms with Gasteiger partial charge in [0.25, 0.3) is 5.91 Å². The van der Waals surface area contributed by atoms with Crippen LogP contribution in [0.1, 0.15) is 161 Å². The number of benzene rings is 2. The van der Waals surface area contributed by atoms with Crippen molar-refractivity contribution >= 4 is 79.7 Å². The van der Waals surface area contributed by atoms with Gasteiger partial charge in [0.2, 0.25) is 43.7 Å². The van der Waals surface area contributed by atoms with Gasteiger partial charge in [-0.25, -0.2) is 45.1 Å². The molecule has 6 aliphatic heterocycles. The second-order valence-corrected chi connectivity index (χ2v) is 33.8. The van der Waals surface area contributed by atoms with Crippen molar-refractivity contribution in [3.05, 3.63) is 94.6 Å². The Labute approximate surface area is 604 Å². The number of halogens is 2. The van der Waals surface area contributed by atoms with Crippen LogP contribution in [0.2, 0.25) is 0 Å². The van der Waals surface area contributed by atoms with Crippen molar-refractivity contribution in [1.29, 1.82) is 0 Å². The predicted octanol–water partition coefficient (Wildman–Crippen LogP) is 5.44. The SMILES string of the molecule is C.CC(C)(C)OC(=O)C[C@H]1CCCOC/C=C\[C@@H]2C[C@@]2(C(=O)NS(=O)(=O)C2CC2)NC(=O)[C@@H]2C[C@@H](OC(=O)N3Cc4cccc(F)c4C3)CN2C1=O.CC(C)(C)OC(=O)C[C@H]1CCCOC/C=C\[C@@H]2C[C@@]2(C(=O)O)NC(=O)[C@@H]2C[C@@H](OC(=O)N3Cc4cccc(F)c4C3)CN2C1=O.NS(=O)(=O)C1CC1. The van der Waals surface area contributed by atoms with E-state index in [4.69, 9.17) is 33.6 Å². The largest absolute Gasteiger partial charge is 0.479 e. The van der Waals surface area contributed by atoms with Gasteiger partial charge in [0, 0.05) is 73.9 Å². The van der Waals surface area contributed by atoms with Crippen molar-refractivity contribution in [2.45, 2.75) is 222 Å². The third kappa shape index (κ3) is 20.1. The highest BCUT2D eigenvalue weighted by atomic mass is 32.2. The number of carboxylic acids is 1. The van der Waals surface area contributed by atoms with Crippen LogP contribution in [-0.4, -0.2) is 198 Å². The number of nitrogens with one attached hydrogen (secondary N) is 3. The van der Waals surface area contributed by atoms with Gasteiger partial charge in [-0.15, -0.1) is 0 Å². The van der Waals surface area contributed by atoms with Gasteiger partial charge in [0.05, 0.1) is 62.7 Å². The molecule has 7 amide bonds. The van der Waals surface area contributed by atoms with E-state index >= 15 is 0 Å². The Bertz CT molecular complexity index is 3930. The van der Waals surface area contributed by atoms with Gasteiger partial charge < -0.3 is 54.0 Å². The van der Waals surface area contributed by atoms with Crippen LogP contribution in [0.4, 0.5) is 18.4 Å². The Morgan fingerprint density at radius 1 is 0.625 bits per heavy atom. The number of rotatable bonds is 11. The Kier molecular flexibility index (Phi) is 24.8. The lowest BCUT2D eigenvalue weighted by atomic mass is 9.97. The van der Waals surface area contributed by atoms with Crippen LogP contribution >= 0.6 is 0 Å². The quantitative estimate of drug-likeness (QED) is 0.106. The molecule has 0 spiro atoms. The summed E-state index contributed by atoms with van der Waals surface area (Å²) in [5.41, 5.74) is -2.59. The number of carbonyl (C=O) groups excluding carboxylic acids is 9. The first-order valence-electron chi connectivity index (χ1n) is 34.9. The van der Waals surface area contributed by atoms with Crippen molar-refractivity contribution in [3.8, 4) is 0 Å². The highest BCUT2D eigenvalue weighted by Gasteiger charge is 2.63. The molecule has 104 heavy (non-hydrogen) atoms. The lowest BCUT2D eigenvalue weighted by Crippen LogP contribution is -2.57. The molecule has 0 radical (unpaired) electrons. The summed E-state index contributed by atoms with van der Waals surface area (Å²) in [4.78, 5) is 140. The summed E-state index contributed by atoms with van der Waals surface area (Å²) in [6.45, 7) is 11.3. The van der Waals surface area contributed by atoms with Gasteiger partial charge in [-0.05, 0) is 129 Å². The van der Waals surface area contributed by atoms with Crippen LogP contribution in [0.25, 0.3) is 0 Å². The second-order valence-electron chi connectivity index (χ2n) is 30.0. The second kappa shape index (κ2) is 32.3. The molecule has 2 saturated heterocycles. The number of esters is 2. The van der Waals surface area contributed by atoms with Crippen LogP contribution in [0.3, 0.4) is 0 Å². The van der Waals surface area contributed by atoms with Crippen molar-refractivity contribution < 1.29 is 107 Å². The number of hydrogen-bond donors (Lipinski definition) is 5. The molecule has 4 saturated carbocycles. The lowest BCUT2D eigenvalue weighted by molar-refractivity contribution is -0.159. The summed E-state index contributed by atoms with van der Waals surface area (Å²) >= 11 is 0. The number of fused-ring (bicyclic) bond motifs is 6. The molecule has 12 rings (SSSR count).